The van der Waals surface area contributed by atoms with Gasteiger partial charge in [-0.1, -0.05) is 73.3 Å². The van der Waals surface area contributed by atoms with Crippen molar-refractivity contribution in [2.45, 2.75) is 194 Å². The number of ketones is 1. The number of rotatable bonds is 6. The first-order chi connectivity index (χ1) is 29.9. The molecule has 4 heterocycles. The number of sulfonamides is 1. The molecule has 13 nitrogen and oxygen atoms in total. The number of amides is 2. The van der Waals surface area contributed by atoms with Crippen LogP contribution in [0.25, 0.3) is 21.6 Å². The number of nitrogens with one attached hydrogen (secondary N) is 1. The summed E-state index contributed by atoms with van der Waals surface area (Å²) in [5.74, 6) is -2.64. The van der Waals surface area contributed by atoms with Crippen LogP contribution in [0.15, 0.2) is 18.2 Å². The standard InChI is InChI=1S/C49H71N5O8S2/c1-12-31-26-49(31)27-37(55)36-24-32(28-53(36)43(57)34(46(6,7)8)25-39(56)62-47(9,10)11)61-45-51-41-33(18-17-19-35(41)54(45)30(4)5)42-50-40(29(2)3)38(63-42)20-15-13-14-16-21-48(22-23-48)64(59,60)52-44(49)58/h17-19,29-32,34,36H,12-16,20-28H2,1-11H3,(H,52,58)/t31-,32-,34-,36+,49-/m1/s1. The predicted octanol–water partition coefficient (Wildman–Crippen LogP) is 9.47. The predicted molar refractivity (Wildman–Crippen MR) is 250 cm³/mol. The molecule has 1 aromatic carbocycles. The summed E-state index contributed by atoms with van der Waals surface area (Å²) in [6, 6.07) is 5.42. The smallest absolute Gasteiger partial charge is 0.307 e. The van der Waals surface area contributed by atoms with Gasteiger partial charge in [-0.05, 0) is 103 Å². The van der Waals surface area contributed by atoms with Crippen LogP contribution in [0.3, 0.4) is 0 Å². The minimum absolute atomic E-state index is 0.0468. The number of imidazole rings is 1. The molecule has 2 saturated carbocycles. The van der Waals surface area contributed by atoms with Crippen LogP contribution in [0.5, 0.6) is 6.01 Å². The first-order valence-electron chi connectivity index (χ1n) is 23.7. The van der Waals surface area contributed by atoms with E-state index in [-0.39, 0.29) is 55.4 Å². The van der Waals surface area contributed by atoms with Gasteiger partial charge in [-0.3, -0.25) is 28.5 Å². The van der Waals surface area contributed by atoms with Gasteiger partial charge in [0.15, 0.2) is 5.78 Å². The van der Waals surface area contributed by atoms with Crippen molar-refractivity contribution >= 4 is 56.0 Å². The summed E-state index contributed by atoms with van der Waals surface area (Å²) in [5, 5.41) is 0.891. The molecule has 5 atom stereocenters. The summed E-state index contributed by atoms with van der Waals surface area (Å²) < 4.78 is 44.2. The van der Waals surface area contributed by atoms with E-state index in [4.69, 9.17) is 19.4 Å². The normalized spacial score (nSPS) is 25.7. The van der Waals surface area contributed by atoms with Gasteiger partial charge in [-0.15, -0.1) is 11.3 Å². The van der Waals surface area contributed by atoms with Crippen LogP contribution in [-0.2, 0) is 40.4 Å². The number of nitrogens with zero attached hydrogens (tertiary/aromatic N) is 4. The molecule has 2 aromatic heterocycles. The third kappa shape index (κ3) is 9.67. The fraction of sp³-hybridized carbons (Fsp3) is 0.714. The number of Topliss-reactive ketones (excluding diaryl/α,β-unsaturated/α-hetero) is 1. The van der Waals surface area contributed by atoms with Crippen LogP contribution in [-0.4, -0.2) is 80.5 Å². The summed E-state index contributed by atoms with van der Waals surface area (Å²) >= 11 is 1.70. The summed E-state index contributed by atoms with van der Waals surface area (Å²) in [4.78, 5) is 70.7. The first kappa shape index (κ1) is 48.1. The number of aryl methyl sites for hydroxylation is 1. The summed E-state index contributed by atoms with van der Waals surface area (Å²) in [7, 11) is -4.02. The highest BCUT2D eigenvalue weighted by atomic mass is 32.2. The number of thiazole rings is 1. The lowest BCUT2D eigenvalue weighted by Crippen LogP contribution is -2.49. The van der Waals surface area contributed by atoms with Gasteiger partial charge >= 0.3 is 5.97 Å². The first-order valence-corrected chi connectivity index (χ1v) is 26.0. The van der Waals surface area contributed by atoms with Gasteiger partial charge in [-0.2, -0.15) is 4.98 Å². The van der Waals surface area contributed by atoms with Crippen LogP contribution < -0.4 is 9.46 Å². The van der Waals surface area contributed by atoms with E-state index in [9.17, 15) is 27.6 Å². The van der Waals surface area contributed by atoms with Crippen molar-refractivity contribution in [3.63, 3.8) is 0 Å². The molecule has 4 aliphatic rings. The number of hydrogen-bond acceptors (Lipinski definition) is 11. The van der Waals surface area contributed by atoms with E-state index in [2.05, 4.69) is 38.5 Å². The highest BCUT2D eigenvalue weighted by Crippen LogP contribution is 2.58. The molecule has 0 unspecified atom stereocenters. The van der Waals surface area contributed by atoms with Crippen molar-refractivity contribution < 1.29 is 37.1 Å². The minimum Gasteiger partial charge on any atom is -0.460 e. The quantitative estimate of drug-likeness (QED) is 0.235. The zero-order valence-corrected chi connectivity index (χ0v) is 41.6. The van der Waals surface area contributed by atoms with E-state index in [1.165, 1.54) is 9.78 Å². The van der Waals surface area contributed by atoms with Crippen molar-refractivity contribution in [1.82, 2.24) is 24.2 Å². The second kappa shape index (κ2) is 17.8. The lowest BCUT2D eigenvalue weighted by molar-refractivity contribution is -0.161. The Hall–Kier alpha value is -3.85. The molecule has 64 heavy (non-hydrogen) atoms. The van der Waals surface area contributed by atoms with E-state index < -0.39 is 61.1 Å². The average Bonchev–Trinajstić information content (AvgIpc) is 3.96. The SMILES string of the molecule is CC[C@@H]1C[C@@]12CC(=O)[C@@H]1C[C@H](CN1C(=O)[C@@H](CC(=O)OC(C)(C)C)C(C)(C)C)Oc1nc3c(cccc3n1C(C)C)-c1nc(C(C)C)c(s1)CCCCCCC1(CC1)S(=O)(=O)NC2=O. The van der Waals surface area contributed by atoms with Crippen molar-refractivity contribution in [3.8, 4) is 16.6 Å². The molecule has 7 rings (SSSR count). The molecule has 2 aliphatic carbocycles. The highest BCUT2D eigenvalue weighted by molar-refractivity contribution is 7.91. The summed E-state index contributed by atoms with van der Waals surface area (Å²) in [6.07, 6.45) is 5.93. The largest absolute Gasteiger partial charge is 0.460 e. The Morgan fingerprint density at radius 1 is 1.00 bits per heavy atom. The number of aromatic nitrogens is 3. The van der Waals surface area contributed by atoms with Gasteiger partial charge in [-0.25, -0.2) is 13.4 Å². The fourth-order valence-electron chi connectivity index (χ4n) is 10.2. The Bertz CT molecular complexity index is 2380. The number of ether oxygens (including phenoxy) is 2. The topological polar surface area (TPSA) is 167 Å². The molecule has 3 aromatic rings. The highest BCUT2D eigenvalue weighted by Gasteiger charge is 2.63. The number of esters is 1. The third-order valence-corrected chi connectivity index (χ3v) is 17.5. The maximum absolute atomic E-state index is 15.0. The van der Waals surface area contributed by atoms with Crippen molar-refractivity contribution in [1.29, 1.82) is 0 Å². The molecule has 1 saturated heterocycles. The zero-order chi connectivity index (χ0) is 46.7. The van der Waals surface area contributed by atoms with E-state index in [1.54, 1.807) is 32.1 Å². The number of carbonyl (C=O) groups excluding carboxylic acids is 4. The molecule has 2 spiro atoms. The average molecular weight is 922 g/mol. The third-order valence-electron chi connectivity index (χ3n) is 14.1. The lowest BCUT2D eigenvalue weighted by Gasteiger charge is -2.35. The Kier molecular flexibility index (Phi) is 13.3. The fourth-order valence-corrected chi connectivity index (χ4v) is 13.2. The summed E-state index contributed by atoms with van der Waals surface area (Å²) in [5.41, 5.74) is 0.977. The van der Waals surface area contributed by atoms with Crippen LogP contribution in [0.4, 0.5) is 0 Å². The van der Waals surface area contributed by atoms with Gasteiger partial charge < -0.3 is 14.4 Å². The molecule has 3 fully saturated rings. The van der Waals surface area contributed by atoms with Crippen molar-refractivity contribution in [2.75, 3.05) is 6.54 Å². The second-order valence-corrected chi connectivity index (χ2v) is 25.0. The molecule has 6 bridgehead atoms. The van der Waals surface area contributed by atoms with Crippen molar-refractivity contribution in [3.05, 3.63) is 28.8 Å². The monoisotopic (exact) mass is 921 g/mol. The second-order valence-electron chi connectivity index (χ2n) is 21.8. The molecule has 352 valence electrons. The van der Waals surface area contributed by atoms with Gasteiger partial charge in [0.25, 0.3) is 6.01 Å². The number of fused-ring (bicyclic) bond motifs is 6. The van der Waals surface area contributed by atoms with Crippen LogP contribution in [0, 0.1) is 22.7 Å². The van der Waals surface area contributed by atoms with E-state index in [0.29, 0.717) is 38.1 Å². The minimum atomic E-state index is -4.02. The number of hydrogen-bond donors (Lipinski definition) is 1. The van der Waals surface area contributed by atoms with Crippen LogP contribution >= 0.6 is 11.3 Å². The molecular weight excluding hydrogens is 851 g/mol. The number of carbonyl (C=O) groups is 4. The van der Waals surface area contributed by atoms with Crippen molar-refractivity contribution in [2.24, 2.45) is 22.7 Å². The van der Waals surface area contributed by atoms with E-state index in [0.717, 1.165) is 59.4 Å². The Balaban J connectivity index is 1.30. The summed E-state index contributed by atoms with van der Waals surface area (Å²) in [6.45, 7) is 21.5. The molecule has 2 amide bonds. The maximum Gasteiger partial charge on any atom is 0.307 e. The van der Waals surface area contributed by atoms with Gasteiger partial charge in [0.1, 0.15) is 22.2 Å². The zero-order valence-electron chi connectivity index (χ0n) is 40.0. The van der Waals surface area contributed by atoms with Crippen LogP contribution in [0.1, 0.15) is 176 Å². The number of likely N-dealkylation sites (tertiary alicyclic amines) is 1. The van der Waals surface area contributed by atoms with E-state index >= 15 is 0 Å². The molecule has 15 heteroatoms. The molecular formula is C49H71N5O8S2. The molecule has 0 radical (unpaired) electrons. The number of benzene rings is 1. The van der Waals surface area contributed by atoms with Gasteiger partial charge in [0.05, 0.1) is 46.3 Å². The Morgan fingerprint density at radius 3 is 2.31 bits per heavy atom. The van der Waals surface area contributed by atoms with E-state index in [1.807, 2.05) is 44.4 Å². The Labute approximate surface area is 384 Å². The number of para-hydroxylation sites is 1. The van der Waals surface area contributed by atoms with Gasteiger partial charge in [0, 0.05) is 29.3 Å². The molecule has 1 N–H and O–H groups in total. The maximum atomic E-state index is 15.0. The van der Waals surface area contributed by atoms with Crippen LogP contribution in [0.2, 0.25) is 0 Å². The Morgan fingerprint density at radius 2 is 1.70 bits per heavy atom. The van der Waals surface area contributed by atoms with Gasteiger partial charge in [0.2, 0.25) is 21.8 Å². The lowest BCUT2D eigenvalue weighted by atomic mass is 9.77. The molecule has 2 aliphatic heterocycles.